The first kappa shape index (κ1) is 19.4. The predicted molar refractivity (Wildman–Crippen MR) is 95.8 cm³/mol. The minimum Gasteiger partial charge on any atom is -0.357 e. The van der Waals surface area contributed by atoms with E-state index in [4.69, 9.17) is 4.99 Å². The molecule has 0 spiro atoms. The Labute approximate surface area is 140 Å². The van der Waals surface area contributed by atoms with Gasteiger partial charge in [-0.05, 0) is 26.9 Å². The Balaban J connectivity index is 2.49. The normalized spacial score (nSPS) is 13.4. The molecule has 1 rings (SSSR count). The maximum absolute atomic E-state index is 4.70. The van der Waals surface area contributed by atoms with Gasteiger partial charge in [0.25, 0.3) is 0 Å². The number of rotatable bonds is 10. The van der Waals surface area contributed by atoms with Crippen molar-refractivity contribution in [1.29, 1.82) is 0 Å². The molecule has 0 aromatic carbocycles. The number of likely N-dealkylation sites (N-methyl/N-ethyl adjacent to an activating group) is 1. The van der Waals surface area contributed by atoms with Crippen molar-refractivity contribution in [3.63, 3.8) is 0 Å². The van der Waals surface area contributed by atoms with E-state index < -0.39 is 0 Å². The van der Waals surface area contributed by atoms with E-state index in [0.717, 1.165) is 57.5 Å². The third-order valence-corrected chi connectivity index (χ3v) is 3.95. The lowest BCUT2D eigenvalue weighted by molar-refractivity contribution is 0.237. The molecule has 0 radical (unpaired) electrons. The van der Waals surface area contributed by atoms with Crippen molar-refractivity contribution in [2.24, 2.45) is 4.99 Å². The number of nitrogens with zero attached hydrogens (tertiary/aromatic N) is 5. The summed E-state index contributed by atoms with van der Waals surface area (Å²) in [7, 11) is 0. The first-order valence-corrected chi connectivity index (χ1v) is 8.79. The van der Waals surface area contributed by atoms with Crippen LogP contribution >= 0.6 is 0 Å². The molecule has 1 atom stereocenters. The predicted octanol–water partition coefficient (Wildman–Crippen LogP) is 1.13. The lowest BCUT2D eigenvalue weighted by atomic mass is 10.3. The van der Waals surface area contributed by atoms with Gasteiger partial charge in [-0.25, -0.2) is 0 Å². The quantitative estimate of drug-likeness (QED) is 0.499. The first-order chi connectivity index (χ1) is 11.2. The van der Waals surface area contributed by atoms with E-state index in [-0.39, 0.29) is 0 Å². The Bertz CT molecular complexity index is 451. The van der Waals surface area contributed by atoms with Gasteiger partial charge in [-0.2, -0.15) is 0 Å². The van der Waals surface area contributed by atoms with E-state index in [1.165, 1.54) is 0 Å². The van der Waals surface area contributed by atoms with Crippen LogP contribution in [0.5, 0.6) is 0 Å². The van der Waals surface area contributed by atoms with Gasteiger partial charge in [0.1, 0.15) is 12.2 Å². The third-order valence-electron chi connectivity index (χ3n) is 3.95. The Kier molecular flexibility index (Phi) is 9.28. The molecule has 7 heteroatoms. The highest BCUT2D eigenvalue weighted by Crippen LogP contribution is 1.98. The molecule has 0 saturated heterocycles. The van der Waals surface area contributed by atoms with Crippen LogP contribution in [0.15, 0.2) is 11.3 Å². The Morgan fingerprint density at radius 2 is 2.00 bits per heavy atom. The van der Waals surface area contributed by atoms with Crippen molar-refractivity contribution in [1.82, 2.24) is 30.3 Å². The molecule has 0 aliphatic heterocycles. The monoisotopic (exact) mass is 323 g/mol. The van der Waals surface area contributed by atoms with Gasteiger partial charge in [-0.3, -0.25) is 9.89 Å². The molecule has 0 saturated carbocycles. The summed E-state index contributed by atoms with van der Waals surface area (Å²) in [4.78, 5) is 7.12. The molecule has 1 aromatic heterocycles. The fraction of sp³-hybridized carbons (Fsp3) is 0.812. The number of guanidine groups is 1. The standard InChI is InChI=1S/C16H33N7/c1-6-15-21-20-13-23(15)11-10-18-16(17-7-2)19-12-14(5)22(8-3)9-4/h13-14H,6-12H2,1-5H3,(H2,17,18,19). The highest BCUT2D eigenvalue weighted by molar-refractivity contribution is 5.79. The van der Waals surface area contributed by atoms with Gasteiger partial charge in [-0.1, -0.05) is 20.8 Å². The van der Waals surface area contributed by atoms with E-state index in [1.54, 1.807) is 6.33 Å². The zero-order valence-electron chi connectivity index (χ0n) is 15.3. The van der Waals surface area contributed by atoms with Crippen molar-refractivity contribution >= 4 is 5.96 Å². The second kappa shape index (κ2) is 11.0. The van der Waals surface area contributed by atoms with Crippen molar-refractivity contribution in [3.8, 4) is 0 Å². The van der Waals surface area contributed by atoms with Gasteiger partial charge in [0.2, 0.25) is 0 Å². The molecule has 2 N–H and O–H groups in total. The van der Waals surface area contributed by atoms with Crippen LogP contribution in [0.25, 0.3) is 0 Å². The van der Waals surface area contributed by atoms with Gasteiger partial charge in [0, 0.05) is 32.1 Å². The first-order valence-electron chi connectivity index (χ1n) is 8.79. The van der Waals surface area contributed by atoms with E-state index in [9.17, 15) is 0 Å². The van der Waals surface area contributed by atoms with Gasteiger partial charge in [-0.15, -0.1) is 10.2 Å². The van der Waals surface area contributed by atoms with Gasteiger partial charge >= 0.3 is 0 Å². The number of aryl methyl sites for hydroxylation is 1. The maximum atomic E-state index is 4.70. The van der Waals surface area contributed by atoms with Crippen molar-refractivity contribution in [2.75, 3.05) is 32.7 Å². The van der Waals surface area contributed by atoms with Crippen LogP contribution in [-0.4, -0.2) is 64.4 Å². The Morgan fingerprint density at radius 1 is 1.26 bits per heavy atom. The summed E-state index contributed by atoms with van der Waals surface area (Å²) in [5, 5.41) is 14.7. The molecule has 132 valence electrons. The molecule has 0 bridgehead atoms. The van der Waals surface area contributed by atoms with Gasteiger partial charge < -0.3 is 15.2 Å². The molecule has 0 aliphatic carbocycles. The molecule has 23 heavy (non-hydrogen) atoms. The maximum Gasteiger partial charge on any atom is 0.191 e. The second-order valence-corrected chi connectivity index (χ2v) is 5.51. The van der Waals surface area contributed by atoms with E-state index >= 15 is 0 Å². The summed E-state index contributed by atoms with van der Waals surface area (Å²) in [6, 6.07) is 0.449. The average molecular weight is 323 g/mol. The highest BCUT2D eigenvalue weighted by atomic mass is 15.3. The summed E-state index contributed by atoms with van der Waals surface area (Å²) < 4.78 is 2.08. The van der Waals surface area contributed by atoms with E-state index in [0.29, 0.717) is 6.04 Å². The number of hydrogen-bond donors (Lipinski definition) is 2. The topological polar surface area (TPSA) is 70.4 Å². The van der Waals surface area contributed by atoms with Crippen molar-refractivity contribution < 1.29 is 0 Å². The number of aliphatic imine (C=N–C) groups is 1. The van der Waals surface area contributed by atoms with Crippen LogP contribution in [0, 0.1) is 0 Å². The molecule has 7 nitrogen and oxygen atoms in total. The summed E-state index contributed by atoms with van der Waals surface area (Å²) in [5.41, 5.74) is 0. The van der Waals surface area contributed by atoms with Crippen LogP contribution in [0.2, 0.25) is 0 Å². The smallest absolute Gasteiger partial charge is 0.191 e. The zero-order valence-corrected chi connectivity index (χ0v) is 15.3. The van der Waals surface area contributed by atoms with Gasteiger partial charge in [0.15, 0.2) is 5.96 Å². The van der Waals surface area contributed by atoms with Crippen molar-refractivity contribution in [2.45, 2.75) is 53.6 Å². The van der Waals surface area contributed by atoms with E-state index in [2.05, 4.69) is 64.9 Å². The van der Waals surface area contributed by atoms with Crippen LogP contribution < -0.4 is 10.6 Å². The van der Waals surface area contributed by atoms with Crippen LogP contribution in [0.1, 0.15) is 40.4 Å². The van der Waals surface area contributed by atoms with Gasteiger partial charge in [0.05, 0.1) is 6.54 Å². The largest absolute Gasteiger partial charge is 0.357 e. The minimum atomic E-state index is 0.449. The zero-order chi connectivity index (χ0) is 17.1. The SMILES string of the molecule is CCNC(=NCC(C)N(CC)CC)NCCn1cnnc1CC. The summed E-state index contributed by atoms with van der Waals surface area (Å²) in [6.45, 7) is 16.2. The van der Waals surface area contributed by atoms with Crippen molar-refractivity contribution in [3.05, 3.63) is 12.2 Å². The summed E-state index contributed by atoms with van der Waals surface area (Å²) in [5.74, 6) is 1.89. The average Bonchev–Trinajstić information content (AvgIpc) is 3.01. The Morgan fingerprint density at radius 3 is 2.61 bits per heavy atom. The number of aromatic nitrogens is 3. The van der Waals surface area contributed by atoms with E-state index in [1.807, 2.05) is 0 Å². The second-order valence-electron chi connectivity index (χ2n) is 5.51. The molecular formula is C16H33N7. The molecule has 1 heterocycles. The third kappa shape index (κ3) is 6.56. The summed E-state index contributed by atoms with van der Waals surface area (Å²) in [6.07, 6.45) is 2.68. The lowest BCUT2D eigenvalue weighted by Gasteiger charge is -2.25. The number of hydrogen-bond acceptors (Lipinski definition) is 4. The summed E-state index contributed by atoms with van der Waals surface area (Å²) >= 11 is 0. The van der Waals surface area contributed by atoms with Crippen LogP contribution in [-0.2, 0) is 13.0 Å². The molecule has 1 aromatic rings. The highest BCUT2D eigenvalue weighted by Gasteiger charge is 2.09. The van der Waals surface area contributed by atoms with Crippen LogP contribution in [0.3, 0.4) is 0 Å². The molecule has 0 aliphatic rings. The molecule has 0 amide bonds. The molecular weight excluding hydrogens is 290 g/mol. The number of nitrogens with one attached hydrogen (secondary N) is 2. The molecule has 0 fully saturated rings. The lowest BCUT2D eigenvalue weighted by Crippen LogP contribution is -2.41. The molecule has 1 unspecified atom stereocenters. The van der Waals surface area contributed by atoms with Crippen LogP contribution in [0.4, 0.5) is 0 Å². The fourth-order valence-corrected chi connectivity index (χ4v) is 2.56. The Hall–Kier alpha value is -1.63. The minimum absolute atomic E-state index is 0.449. The fourth-order valence-electron chi connectivity index (χ4n) is 2.56.